The Hall–Kier alpha value is -0.820. The normalized spacial score (nSPS) is 23.8. The first kappa shape index (κ1) is 13.8. The van der Waals surface area contributed by atoms with Gasteiger partial charge in [-0.2, -0.15) is 11.3 Å². The van der Waals surface area contributed by atoms with Crippen molar-refractivity contribution < 1.29 is 0 Å². The van der Waals surface area contributed by atoms with Crippen molar-refractivity contribution in [3.05, 3.63) is 33.5 Å². The number of nitrogens with one attached hydrogen (secondary N) is 1. The summed E-state index contributed by atoms with van der Waals surface area (Å²) >= 11 is 3.24. The average molecular weight is 320 g/mol. The molecule has 0 aromatic carbocycles. The number of hydrogen-bond acceptors (Lipinski definition) is 6. The number of hydrogen-bond donors (Lipinski definition) is 1. The molecule has 0 bridgehead atoms. The van der Waals surface area contributed by atoms with E-state index in [1.807, 2.05) is 0 Å². The van der Waals surface area contributed by atoms with E-state index in [1.54, 1.807) is 11.3 Å². The summed E-state index contributed by atoms with van der Waals surface area (Å²) in [5.41, 5.74) is 3.12. The molecule has 1 saturated heterocycles. The van der Waals surface area contributed by atoms with Gasteiger partial charge in [0.1, 0.15) is 0 Å². The summed E-state index contributed by atoms with van der Waals surface area (Å²) in [6, 6.07) is 2.97. The third-order valence-corrected chi connectivity index (χ3v) is 6.21. The molecule has 21 heavy (non-hydrogen) atoms. The van der Waals surface area contributed by atoms with E-state index in [9.17, 15) is 0 Å². The standard InChI is InChI=1S/C15H20N4S2/c1-6-20-10-12(1)8-19(9-13-11-21-18-17-13)14-7-15(14)2-4-16-5-3-15/h1,6,10-11,14,16H,2-5,7-9H2/t14-/m1/s1. The lowest BCUT2D eigenvalue weighted by atomic mass is 9.93. The highest BCUT2D eigenvalue weighted by molar-refractivity contribution is 7.07. The Morgan fingerprint density at radius 1 is 1.29 bits per heavy atom. The molecule has 0 amide bonds. The quantitative estimate of drug-likeness (QED) is 0.920. The lowest BCUT2D eigenvalue weighted by Gasteiger charge is -2.29. The van der Waals surface area contributed by atoms with E-state index in [-0.39, 0.29) is 0 Å². The molecule has 0 unspecified atom stereocenters. The average Bonchev–Trinajstić information content (AvgIpc) is 2.96. The molecule has 3 heterocycles. The van der Waals surface area contributed by atoms with Crippen molar-refractivity contribution in [1.29, 1.82) is 0 Å². The van der Waals surface area contributed by atoms with E-state index in [0.29, 0.717) is 5.41 Å². The van der Waals surface area contributed by atoms with Crippen molar-refractivity contribution in [3.63, 3.8) is 0 Å². The largest absolute Gasteiger partial charge is 0.317 e. The molecular formula is C15H20N4S2. The van der Waals surface area contributed by atoms with E-state index in [4.69, 9.17) is 0 Å². The maximum atomic E-state index is 4.25. The van der Waals surface area contributed by atoms with Crippen LogP contribution in [-0.4, -0.2) is 33.6 Å². The summed E-state index contributed by atoms with van der Waals surface area (Å²) in [6.07, 6.45) is 4.01. The minimum Gasteiger partial charge on any atom is -0.317 e. The summed E-state index contributed by atoms with van der Waals surface area (Å²) in [5, 5.41) is 14.3. The van der Waals surface area contributed by atoms with Crippen LogP contribution in [-0.2, 0) is 13.1 Å². The van der Waals surface area contributed by atoms with Gasteiger partial charge < -0.3 is 5.32 Å². The van der Waals surface area contributed by atoms with E-state index in [0.717, 1.165) is 24.8 Å². The topological polar surface area (TPSA) is 41.1 Å². The fourth-order valence-corrected chi connectivity index (χ4v) is 4.76. The Bertz CT molecular complexity index is 524. The molecule has 2 aromatic heterocycles. The number of nitrogens with zero attached hydrogens (tertiary/aromatic N) is 3. The lowest BCUT2D eigenvalue weighted by Crippen LogP contribution is -2.35. The number of aromatic nitrogens is 2. The maximum absolute atomic E-state index is 4.25. The summed E-state index contributed by atoms with van der Waals surface area (Å²) in [7, 11) is 0. The third kappa shape index (κ3) is 2.90. The van der Waals surface area contributed by atoms with Crippen molar-refractivity contribution in [3.8, 4) is 0 Å². The molecule has 2 aliphatic rings. The maximum Gasteiger partial charge on any atom is 0.0895 e. The first-order valence-corrected chi connectivity index (χ1v) is 9.35. The number of thiophene rings is 1. The van der Waals surface area contributed by atoms with Crippen LogP contribution in [0.2, 0.25) is 0 Å². The second-order valence-corrected chi connectivity index (χ2v) is 7.65. The molecule has 2 aromatic rings. The Kier molecular flexibility index (Phi) is 3.79. The van der Waals surface area contributed by atoms with Crippen LogP contribution >= 0.6 is 22.9 Å². The van der Waals surface area contributed by atoms with Gasteiger partial charge in [0.25, 0.3) is 0 Å². The highest BCUT2D eigenvalue weighted by atomic mass is 32.1. The predicted octanol–water partition coefficient (Wildman–Crippen LogP) is 2.74. The first-order chi connectivity index (χ1) is 10.4. The van der Waals surface area contributed by atoms with Crippen LogP contribution in [0, 0.1) is 5.41 Å². The van der Waals surface area contributed by atoms with Gasteiger partial charge >= 0.3 is 0 Å². The second-order valence-electron chi connectivity index (χ2n) is 6.27. The smallest absolute Gasteiger partial charge is 0.0895 e. The highest BCUT2D eigenvalue weighted by Crippen LogP contribution is 2.56. The minimum absolute atomic E-state index is 0.574. The van der Waals surface area contributed by atoms with Crippen LogP contribution in [0.3, 0.4) is 0 Å². The van der Waals surface area contributed by atoms with Crippen molar-refractivity contribution in [2.24, 2.45) is 5.41 Å². The van der Waals surface area contributed by atoms with Crippen LogP contribution in [0.4, 0.5) is 0 Å². The Morgan fingerprint density at radius 3 is 2.90 bits per heavy atom. The first-order valence-electron chi connectivity index (χ1n) is 7.58. The molecular weight excluding hydrogens is 300 g/mol. The molecule has 1 aliphatic heterocycles. The zero-order valence-corrected chi connectivity index (χ0v) is 13.6. The number of rotatable bonds is 5. The molecule has 1 spiro atoms. The van der Waals surface area contributed by atoms with Gasteiger partial charge in [-0.3, -0.25) is 4.90 Å². The molecule has 1 N–H and O–H groups in total. The van der Waals surface area contributed by atoms with Gasteiger partial charge in [-0.25, -0.2) is 0 Å². The molecule has 1 atom stereocenters. The summed E-state index contributed by atoms with van der Waals surface area (Å²) in [5.74, 6) is 0. The van der Waals surface area contributed by atoms with Crippen molar-refractivity contribution in [1.82, 2.24) is 19.8 Å². The number of piperidine rings is 1. The summed E-state index contributed by atoms with van der Waals surface area (Å²) in [6.45, 7) is 4.34. The fourth-order valence-electron chi connectivity index (χ4n) is 3.66. The lowest BCUT2D eigenvalue weighted by molar-refractivity contribution is 0.186. The van der Waals surface area contributed by atoms with E-state index >= 15 is 0 Å². The summed E-state index contributed by atoms with van der Waals surface area (Å²) in [4.78, 5) is 2.63. The molecule has 112 valence electrons. The molecule has 1 saturated carbocycles. The van der Waals surface area contributed by atoms with Gasteiger partial charge in [0.2, 0.25) is 0 Å². The van der Waals surface area contributed by atoms with Crippen molar-refractivity contribution in [2.75, 3.05) is 13.1 Å². The van der Waals surface area contributed by atoms with Gasteiger partial charge in [-0.05, 0) is 71.7 Å². The Labute approximate surface area is 133 Å². The second kappa shape index (κ2) is 5.76. The van der Waals surface area contributed by atoms with Gasteiger partial charge in [0, 0.05) is 24.5 Å². The van der Waals surface area contributed by atoms with Crippen LogP contribution in [0.1, 0.15) is 30.5 Å². The highest BCUT2D eigenvalue weighted by Gasteiger charge is 2.56. The van der Waals surface area contributed by atoms with Crippen LogP contribution in [0.5, 0.6) is 0 Å². The zero-order valence-electron chi connectivity index (χ0n) is 12.0. The minimum atomic E-state index is 0.574. The molecule has 4 nitrogen and oxygen atoms in total. The third-order valence-electron chi connectivity index (χ3n) is 4.92. The Morgan fingerprint density at radius 2 is 2.19 bits per heavy atom. The van der Waals surface area contributed by atoms with E-state index < -0.39 is 0 Å². The van der Waals surface area contributed by atoms with E-state index in [2.05, 4.69) is 42.0 Å². The Balaban J connectivity index is 1.50. The molecule has 0 radical (unpaired) electrons. The molecule has 1 aliphatic carbocycles. The van der Waals surface area contributed by atoms with Crippen LogP contribution < -0.4 is 5.32 Å². The van der Waals surface area contributed by atoms with Crippen LogP contribution in [0.15, 0.2) is 22.2 Å². The van der Waals surface area contributed by atoms with E-state index in [1.165, 1.54) is 49.4 Å². The van der Waals surface area contributed by atoms with Gasteiger partial charge in [-0.15, -0.1) is 5.10 Å². The fraction of sp³-hybridized carbons (Fsp3) is 0.600. The SMILES string of the molecule is c1cc(CN(Cc2csnn2)[C@@H]2CC23CCNCC3)cs1. The molecule has 2 fully saturated rings. The van der Waals surface area contributed by atoms with Gasteiger partial charge in [0.05, 0.1) is 5.69 Å². The van der Waals surface area contributed by atoms with Crippen LogP contribution in [0.25, 0.3) is 0 Å². The molecule has 6 heteroatoms. The molecule has 4 rings (SSSR count). The predicted molar refractivity (Wildman–Crippen MR) is 86.4 cm³/mol. The summed E-state index contributed by atoms with van der Waals surface area (Å²) < 4.78 is 4.01. The monoisotopic (exact) mass is 320 g/mol. The van der Waals surface area contributed by atoms with Gasteiger partial charge in [0.15, 0.2) is 0 Å². The van der Waals surface area contributed by atoms with Crippen molar-refractivity contribution in [2.45, 2.75) is 38.4 Å². The zero-order chi connectivity index (χ0) is 14.1. The van der Waals surface area contributed by atoms with Gasteiger partial charge in [-0.1, -0.05) is 4.49 Å². The van der Waals surface area contributed by atoms with Crippen molar-refractivity contribution >= 4 is 22.9 Å².